The number of carbonyl (C=O) groups is 3. The van der Waals surface area contributed by atoms with E-state index in [0.29, 0.717) is 25.1 Å². The van der Waals surface area contributed by atoms with Crippen LogP contribution in [0, 0.1) is 0 Å². The van der Waals surface area contributed by atoms with Crippen molar-refractivity contribution in [3.63, 3.8) is 0 Å². The number of hydrogen-bond acceptors (Lipinski definition) is 5. The Balaban J connectivity index is 1.65. The highest BCUT2D eigenvalue weighted by Gasteiger charge is 2.40. The van der Waals surface area contributed by atoms with Crippen LogP contribution in [0.15, 0.2) is 24.3 Å². The fraction of sp³-hybridized carbons (Fsp3) is 0.526. The normalized spacial score (nSPS) is 27.6. The van der Waals surface area contributed by atoms with Gasteiger partial charge in [-0.25, -0.2) is 0 Å². The first-order chi connectivity index (χ1) is 12.9. The molecule has 8 heteroatoms. The molecule has 3 amide bonds. The monoisotopic (exact) mass is 375 g/mol. The second-order valence-corrected chi connectivity index (χ2v) is 7.06. The topological polar surface area (TPSA) is 111 Å². The van der Waals surface area contributed by atoms with Gasteiger partial charge in [-0.2, -0.15) is 0 Å². The third kappa shape index (κ3) is 4.28. The molecule has 0 unspecified atom stereocenters. The molecule has 3 rings (SSSR count). The van der Waals surface area contributed by atoms with Gasteiger partial charge in [-0.1, -0.05) is 6.07 Å². The fourth-order valence-electron chi connectivity index (χ4n) is 3.58. The third-order valence-corrected chi connectivity index (χ3v) is 5.11. The molecule has 0 aromatic heterocycles. The lowest BCUT2D eigenvalue weighted by Crippen LogP contribution is -2.44. The fourth-order valence-corrected chi connectivity index (χ4v) is 3.58. The summed E-state index contributed by atoms with van der Waals surface area (Å²) < 4.78 is 11.1. The van der Waals surface area contributed by atoms with Crippen molar-refractivity contribution in [2.45, 2.75) is 44.1 Å². The molecule has 2 aliphatic rings. The van der Waals surface area contributed by atoms with E-state index in [1.807, 2.05) is 6.92 Å². The maximum absolute atomic E-state index is 12.7. The number of rotatable bonds is 5. The third-order valence-electron chi connectivity index (χ3n) is 5.11. The van der Waals surface area contributed by atoms with Gasteiger partial charge in [-0.05, 0) is 38.0 Å². The summed E-state index contributed by atoms with van der Waals surface area (Å²) in [5, 5.41) is 2.90. The second kappa shape index (κ2) is 8.06. The van der Waals surface area contributed by atoms with Gasteiger partial charge in [-0.15, -0.1) is 0 Å². The van der Waals surface area contributed by atoms with Crippen LogP contribution in [0.1, 0.15) is 40.5 Å². The molecule has 0 radical (unpaired) electrons. The summed E-state index contributed by atoms with van der Waals surface area (Å²) in [6, 6.07) is 5.87. The molecular weight excluding hydrogens is 350 g/mol. The number of amides is 3. The summed E-state index contributed by atoms with van der Waals surface area (Å²) in [6.45, 7) is 2.71. The van der Waals surface area contributed by atoms with Crippen molar-refractivity contribution in [1.29, 1.82) is 0 Å². The van der Waals surface area contributed by atoms with Crippen LogP contribution in [-0.2, 0) is 14.3 Å². The van der Waals surface area contributed by atoms with Crippen LogP contribution in [0.25, 0.3) is 0 Å². The lowest BCUT2D eigenvalue weighted by molar-refractivity contribution is -0.142. The molecule has 0 spiro atoms. The number of nitrogens with two attached hydrogens (primary N) is 1. The number of benzene rings is 1. The van der Waals surface area contributed by atoms with Crippen LogP contribution in [0.4, 0.5) is 0 Å². The van der Waals surface area contributed by atoms with Gasteiger partial charge in [0.1, 0.15) is 6.10 Å². The molecule has 2 heterocycles. The molecule has 2 saturated heterocycles. The minimum atomic E-state index is -0.595. The first-order valence-electron chi connectivity index (χ1n) is 9.06. The summed E-state index contributed by atoms with van der Waals surface area (Å²) in [5.74, 6) is -0.998. The Morgan fingerprint density at radius 1 is 1.22 bits per heavy atom. The number of carbonyl (C=O) groups excluding carboxylic acids is 3. The van der Waals surface area contributed by atoms with Crippen molar-refractivity contribution in [1.82, 2.24) is 10.2 Å². The van der Waals surface area contributed by atoms with Crippen molar-refractivity contribution in [2.24, 2.45) is 5.73 Å². The minimum absolute atomic E-state index is 0.0612. The molecule has 0 aliphatic carbocycles. The Morgan fingerprint density at radius 3 is 2.59 bits per heavy atom. The lowest BCUT2D eigenvalue weighted by Gasteiger charge is -2.20. The quantitative estimate of drug-likeness (QED) is 0.769. The number of methoxy groups -OCH3 is 1. The van der Waals surface area contributed by atoms with Gasteiger partial charge in [0, 0.05) is 31.3 Å². The van der Waals surface area contributed by atoms with E-state index in [0.717, 1.165) is 6.42 Å². The van der Waals surface area contributed by atoms with E-state index in [2.05, 4.69) is 5.32 Å². The highest BCUT2D eigenvalue weighted by Crippen LogP contribution is 2.23. The Bertz CT molecular complexity index is 738. The molecule has 2 fully saturated rings. The first-order valence-corrected chi connectivity index (χ1v) is 9.06. The highest BCUT2D eigenvalue weighted by atomic mass is 16.5. The van der Waals surface area contributed by atoms with Crippen LogP contribution in [-0.4, -0.2) is 67.2 Å². The van der Waals surface area contributed by atoms with Crippen molar-refractivity contribution < 1.29 is 23.9 Å². The largest absolute Gasteiger partial charge is 0.377 e. The van der Waals surface area contributed by atoms with E-state index in [-0.39, 0.29) is 35.6 Å². The van der Waals surface area contributed by atoms with Crippen molar-refractivity contribution in [3.8, 4) is 0 Å². The first kappa shape index (κ1) is 19.3. The number of ether oxygens (including phenoxy) is 2. The van der Waals surface area contributed by atoms with E-state index in [4.69, 9.17) is 15.2 Å². The molecule has 1 aromatic rings. The van der Waals surface area contributed by atoms with E-state index in [1.165, 1.54) is 6.07 Å². The van der Waals surface area contributed by atoms with E-state index in [1.54, 1.807) is 30.2 Å². The standard InChI is InChI=1S/C19H25N3O5/c1-11-6-7-15(27-11)19(25)22-9-14(16(10-22)26-2)21-18(24)13-5-3-4-12(8-13)17(20)23/h3-5,8,11,14-16H,6-7,9-10H2,1-2H3,(H2,20,23)(H,21,24)/t11-,14+,15-,16+/m0/s1. The predicted molar refractivity (Wildman–Crippen MR) is 97.2 cm³/mol. The predicted octanol–water partition coefficient (Wildman–Crippen LogP) is 0.309. The SMILES string of the molecule is CO[C@@H]1CN(C(=O)[C@@H]2CC[C@H](C)O2)C[C@H]1NC(=O)c1cccc(C(N)=O)c1. The molecular formula is C19H25N3O5. The zero-order valence-corrected chi connectivity index (χ0v) is 15.5. The molecule has 8 nitrogen and oxygen atoms in total. The molecule has 0 saturated carbocycles. The summed E-state index contributed by atoms with van der Waals surface area (Å²) in [5.41, 5.74) is 5.86. The van der Waals surface area contributed by atoms with Gasteiger partial charge in [0.2, 0.25) is 5.91 Å². The molecule has 146 valence electrons. The van der Waals surface area contributed by atoms with Crippen LogP contribution < -0.4 is 11.1 Å². The second-order valence-electron chi connectivity index (χ2n) is 7.06. The smallest absolute Gasteiger partial charge is 0.251 e. The lowest BCUT2D eigenvalue weighted by atomic mass is 10.1. The van der Waals surface area contributed by atoms with Gasteiger partial charge in [0.05, 0.1) is 18.2 Å². The number of nitrogens with one attached hydrogen (secondary N) is 1. The minimum Gasteiger partial charge on any atom is -0.377 e. The molecule has 2 aliphatic heterocycles. The number of primary amides is 1. The highest BCUT2D eigenvalue weighted by molar-refractivity contribution is 5.99. The van der Waals surface area contributed by atoms with Crippen molar-refractivity contribution in [2.75, 3.05) is 20.2 Å². The maximum Gasteiger partial charge on any atom is 0.251 e. The van der Waals surface area contributed by atoms with Gasteiger partial charge >= 0.3 is 0 Å². The summed E-state index contributed by atoms with van der Waals surface area (Å²) in [4.78, 5) is 38.2. The van der Waals surface area contributed by atoms with Crippen molar-refractivity contribution >= 4 is 17.7 Å². The Hall–Kier alpha value is -2.45. The van der Waals surface area contributed by atoms with E-state index in [9.17, 15) is 14.4 Å². The number of likely N-dealkylation sites (tertiary alicyclic amines) is 1. The average Bonchev–Trinajstić information content (AvgIpc) is 3.27. The van der Waals surface area contributed by atoms with Gasteiger partial charge in [-0.3, -0.25) is 14.4 Å². The molecule has 27 heavy (non-hydrogen) atoms. The molecule has 1 aromatic carbocycles. The Kier molecular flexibility index (Phi) is 5.76. The zero-order valence-electron chi connectivity index (χ0n) is 15.5. The van der Waals surface area contributed by atoms with E-state index >= 15 is 0 Å². The van der Waals surface area contributed by atoms with Gasteiger partial charge in [0.25, 0.3) is 11.8 Å². The number of nitrogens with zero attached hydrogens (tertiary/aromatic N) is 1. The van der Waals surface area contributed by atoms with Crippen LogP contribution in [0.3, 0.4) is 0 Å². The van der Waals surface area contributed by atoms with E-state index < -0.39 is 12.0 Å². The van der Waals surface area contributed by atoms with Gasteiger partial charge < -0.3 is 25.4 Å². The average molecular weight is 375 g/mol. The number of hydrogen-bond donors (Lipinski definition) is 2. The summed E-state index contributed by atoms with van der Waals surface area (Å²) in [7, 11) is 1.56. The van der Waals surface area contributed by atoms with Crippen molar-refractivity contribution in [3.05, 3.63) is 35.4 Å². The van der Waals surface area contributed by atoms with Crippen LogP contribution in [0.2, 0.25) is 0 Å². The Morgan fingerprint density at radius 2 is 1.96 bits per heavy atom. The molecule has 3 N–H and O–H groups in total. The summed E-state index contributed by atoms with van der Waals surface area (Å²) >= 11 is 0. The summed E-state index contributed by atoms with van der Waals surface area (Å²) in [6.07, 6.45) is 0.947. The molecule has 0 bridgehead atoms. The van der Waals surface area contributed by atoms with Gasteiger partial charge in [0.15, 0.2) is 0 Å². The Labute approximate surface area is 158 Å². The van der Waals surface area contributed by atoms with Crippen LogP contribution >= 0.6 is 0 Å². The zero-order chi connectivity index (χ0) is 19.6. The maximum atomic E-state index is 12.7. The molecule has 4 atom stereocenters. The van der Waals surface area contributed by atoms with Crippen LogP contribution in [0.5, 0.6) is 0 Å².